The molecule has 1 N–H and O–H groups in total. The number of hydrogen-bond donors (Lipinski definition) is 1. The number of aromatic nitrogens is 5. The predicted molar refractivity (Wildman–Crippen MR) is 97.1 cm³/mol. The Hall–Kier alpha value is -3.06. The molecule has 5 rings (SSSR count). The summed E-state index contributed by atoms with van der Waals surface area (Å²) in [6.07, 6.45) is 5.90. The first kappa shape index (κ1) is 15.2. The lowest BCUT2D eigenvalue weighted by atomic mass is 10.1. The lowest BCUT2D eigenvalue weighted by Gasteiger charge is -2.14. The van der Waals surface area contributed by atoms with Crippen LogP contribution in [0.2, 0.25) is 0 Å². The molecule has 3 aromatic heterocycles. The molecule has 0 unspecified atom stereocenters. The second-order valence-electron chi connectivity index (χ2n) is 6.57. The van der Waals surface area contributed by atoms with Crippen LogP contribution in [0, 0.1) is 0 Å². The fourth-order valence-electron chi connectivity index (χ4n) is 3.49. The Kier molecular flexibility index (Phi) is 3.71. The number of fused-ring (bicyclic) bond motifs is 1. The summed E-state index contributed by atoms with van der Waals surface area (Å²) in [6, 6.07) is 10.3. The minimum atomic E-state index is 0.400. The predicted octanol–water partition coefficient (Wildman–Crippen LogP) is 3.27. The highest BCUT2D eigenvalue weighted by Gasteiger charge is 2.16. The van der Waals surface area contributed by atoms with Gasteiger partial charge in [-0.3, -0.25) is 4.90 Å². The first-order valence-electron chi connectivity index (χ1n) is 8.81. The van der Waals surface area contributed by atoms with Crippen molar-refractivity contribution in [3.63, 3.8) is 0 Å². The molecule has 1 saturated heterocycles. The van der Waals surface area contributed by atoms with E-state index >= 15 is 0 Å². The number of aromatic amines is 1. The van der Waals surface area contributed by atoms with Gasteiger partial charge in [0.15, 0.2) is 0 Å². The average Bonchev–Trinajstić information content (AvgIpc) is 3.42. The quantitative estimate of drug-likeness (QED) is 0.610. The molecule has 7 nitrogen and oxygen atoms in total. The molecule has 0 spiro atoms. The van der Waals surface area contributed by atoms with Gasteiger partial charge in [0.25, 0.3) is 5.89 Å². The Morgan fingerprint density at radius 2 is 2.04 bits per heavy atom. The molecule has 0 radical (unpaired) electrons. The minimum absolute atomic E-state index is 0.400. The molecular formula is C19H18N6O. The molecular weight excluding hydrogens is 328 g/mol. The third-order valence-electron chi connectivity index (χ3n) is 4.77. The number of likely N-dealkylation sites (tertiary alicyclic amines) is 1. The molecule has 1 fully saturated rings. The SMILES string of the molecule is c1cc(CN2CCCC2)cc(-c2noc(-c3ncnc4[nH]ccc34)n2)c1. The van der Waals surface area contributed by atoms with Crippen LogP contribution in [0.15, 0.2) is 47.4 Å². The van der Waals surface area contributed by atoms with E-state index in [1.165, 1.54) is 37.8 Å². The van der Waals surface area contributed by atoms with Crippen LogP contribution in [0.3, 0.4) is 0 Å². The minimum Gasteiger partial charge on any atom is -0.346 e. The van der Waals surface area contributed by atoms with Crippen molar-refractivity contribution in [3.8, 4) is 23.0 Å². The van der Waals surface area contributed by atoms with E-state index in [2.05, 4.69) is 42.1 Å². The average molecular weight is 346 g/mol. The summed E-state index contributed by atoms with van der Waals surface area (Å²) in [5.41, 5.74) is 3.62. The largest absolute Gasteiger partial charge is 0.346 e. The van der Waals surface area contributed by atoms with E-state index in [4.69, 9.17) is 4.52 Å². The molecule has 4 aromatic rings. The maximum absolute atomic E-state index is 5.48. The highest BCUT2D eigenvalue weighted by atomic mass is 16.5. The van der Waals surface area contributed by atoms with E-state index in [1.807, 2.05) is 24.4 Å². The van der Waals surface area contributed by atoms with Crippen LogP contribution >= 0.6 is 0 Å². The Balaban J connectivity index is 1.46. The Morgan fingerprint density at radius 3 is 2.96 bits per heavy atom. The van der Waals surface area contributed by atoms with Crippen molar-refractivity contribution in [2.75, 3.05) is 13.1 Å². The van der Waals surface area contributed by atoms with Crippen molar-refractivity contribution in [2.24, 2.45) is 0 Å². The highest BCUT2D eigenvalue weighted by molar-refractivity contribution is 5.88. The fourth-order valence-corrected chi connectivity index (χ4v) is 3.49. The molecule has 0 saturated carbocycles. The number of rotatable bonds is 4. The molecule has 0 atom stereocenters. The van der Waals surface area contributed by atoms with Gasteiger partial charge in [0.05, 0.1) is 5.39 Å². The van der Waals surface area contributed by atoms with Crippen LogP contribution in [0.25, 0.3) is 34.0 Å². The van der Waals surface area contributed by atoms with E-state index < -0.39 is 0 Å². The summed E-state index contributed by atoms with van der Waals surface area (Å²) in [6.45, 7) is 3.32. The van der Waals surface area contributed by atoms with Gasteiger partial charge in [0, 0.05) is 18.3 Å². The third kappa shape index (κ3) is 2.76. The summed E-state index contributed by atoms with van der Waals surface area (Å²) in [5, 5.41) is 5.02. The lowest BCUT2D eigenvalue weighted by molar-refractivity contribution is 0.331. The molecule has 0 bridgehead atoms. The van der Waals surface area contributed by atoms with Crippen LogP contribution in [0.4, 0.5) is 0 Å². The standard InChI is InChI=1S/C19H18N6O/c1-2-9-25(8-1)11-13-4-3-5-14(10-13)17-23-19(26-24-17)16-15-6-7-20-18(15)22-12-21-16/h3-7,10,12H,1-2,8-9,11H2,(H,20,21,22). The molecule has 4 heterocycles. The van der Waals surface area contributed by atoms with Gasteiger partial charge < -0.3 is 9.51 Å². The molecule has 26 heavy (non-hydrogen) atoms. The zero-order valence-electron chi connectivity index (χ0n) is 14.2. The van der Waals surface area contributed by atoms with Crippen LogP contribution in [-0.4, -0.2) is 43.1 Å². The van der Waals surface area contributed by atoms with Gasteiger partial charge >= 0.3 is 0 Å². The molecule has 0 amide bonds. The van der Waals surface area contributed by atoms with Gasteiger partial charge in [-0.15, -0.1) is 0 Å². The second-order valence-corrected chi connectivity index (χ2v) is 6.57. The fraction of sp³-hybridized carbons (Fsp3) is 0.263. The van der Waals surface area contributed by atoms with Crippen LogP contribution in [-0.2, 0) is 6.54 Å². The lowest BCUT2D eigenvalue weighted by Crippen LogP contribution is -2.18. The number of hydrogen-bond acceptors (Lipinski definition) is 6. The van der Waals surface area contributed by atoms with Gasteiger partial charge in [-0.2, -0.15) is 4.98 Å². The monoisotopic (exact) mass is 346 g/mol. The number of nitrogens with one attached hydrogen (secondary N) is 1. The first-order valence-corrected chi connectivity index (χ1v) is 8.81. The zero-order valence-corrected chi connectivity index (χ0v) is 14.2. The van der Waals surface area contributed by atoms with Gasteiger partial charge in [0.1, 0.15) is 17.7 Å². The highest BCUT2D eigenvalue weighted by Crippen LogP contribution is 2.26. The molecule has 0 aliphatic carbocycles. The third-order valence-corrected chi connectivity index (χ3v) is 4.77. The van der Waals surface area contributed by atoms with Gasteiger partial charge in [-0.05, 0) is 43.6 Å². The molecule has 1 aliphatic rings. The first-order chi connectivity index (χ1) is 12.9. The van der Waals surface area contributed by atoms with Gasteiger partial charge in [-0.25, -0.2) is 9.97 Å². The van der Waals surface area contributed by atoms with E-state index in [9.17, 15) is 0 Å². The Labute approximate surface area is 150 Å². The second kappa shape index (κ2) is 6.34. The summed E-state index contributed by atoms with van der Waals surface area (Å²) >= 11 is 0. The van der Waals surface area contributed by atoms with Crippen molar-refractivity contribution >= 4 is 11.0 Å². The summed E-state index contributed by atoms with van der Waals surface area (Å²) in [5.74, 6) is 0.975. The van der Waals surface area contributed by atoms with Crippen molar-refractivity contribution in [1.29, 1.82) is 0 Å². The van der Waals surface area contributed by atoms with Gasteiger partial charge in [0.2, 0.25) is 5.82 Å². The molecule has 1 aliphatic heterocycles. The van der Waals surface area contributed by atoms with Crippen molar-refractivity contribution in [3.05, 3.63) is 48.4 Å². The van der Waals surface area contributed by atoms with Crippen LogP contribution in [0.1, 0.15) is 18.4 Å². The van der Waals surface area contributed by atoms with Crippen LogP contribution in [0.5, 0.6) is 0 Å². The summed E-state index contributed by atoms with van der Waals surface area (Å²) in [7, 11) is 0. The Bertz CT molecular complexity index is 1050. The zero-order chi connectivity index (χ0) is 17.3. The number of nitrogens with zero attached hydrogens (tertiary/aromatic N) is 5. The molecule has 130 valence electrons. The van der Waals surface area contributed by atoms with E-state index in [0.717, 1.165) is 23.1 Å². The van der Waals surface area contributed by atoms with E-state index in [-0.39, 0.29) is 0 Å². The summed E-state index contributed by atoms with van der Waals surface area (Å²) < 4.78 is 5.48. The van der Waals surface area contributed by atoms with E-state index in [1.54, 1.807) is 0 Å². The maximum Gasteiger partial charge on any atom is 0.277 e. The molecule has 1 aromatic carbocycles. The summed E-state index contributed by atoms with van der Waals surface area (Å²) in [4.78, 5) is 18.6. The maximum atomic E-state index is 5.48. The van der Waals surface area contributed by atoms with Crippen LogP contribution < -0.4 is 0 Å². The van der Waals surface area contributed by atoms with E-state index in [0.29, 0.717) is 17.4 Å². The smallest absolute Gasteiger partial charge is 0.277 e. The number of H-pyrrole nitrogens is 1. The molecule has 7 heteroatoms. The number of benzene rings is 1. The topological polar surface area (TPSA) is 83.7 Å². The Morgan fingerprint density at radius 1 is 1.12 bits per heavy atom. The normalized spacial score (nSPS) is 15.1. The van der Waals surface area contributed by atoms with Crippen molar-refractivity contribution < 1.29 is 4.52 Å². The van der Waals surface area contributed by atoms with Crippen molar-refractivity contribution in [2.45, 2.75) is 19.4 Å². The van der Waals surface area contributed by atoms with Crippen molar-refractivity contribution in [1.82, 2.24) is 30.0 Å². The van der Waals surface area contributed by atoms with Gasteiger partial charge in [-0.1, -0.05) is 23.4 Å².